The van der Waals surface area contributed by atoms with Crippen molar-refractivity contribution >= 4 is 10.9 Å². The number of aryl methyl sites for hydroxylation is 1. The molecule has 3 aromatic rings. The highest BCUT2D eigenvalue weighted by molar-refractivity contribution is 5.81. The minimum absolute atomic E-state index is 0.449. The average molecular weight is 265 g/mol. The lowest BCUT2D eigenvalue weighted by Crippen LogP contribution is -2.28. The zero-order valence-electron chi connectivity index (χ0n) is 12.1. The van der Waals surface area contributed by atoms with Crippen LogP contribution in [0.2, 0.25) is 0 Å². The number of nitrogens with zero attached hydrogens (tertiary/aromatic N) is 1. The highest BCUT2D eigenvalue weighted by atomic mass is 16.5. The molecule has 0 radical (unpaired) electrons. The zero-order valence-corrected chi connectivity index (χ0v) is 12.1. The number of benzene rings is 2. The first-order valence-electron chi connectivity index (χ1n) is 6.82. The Morgan fingerprint density at radius 1 is 0.950 bits per heavy atom. The molecule has 0 aliphatic heterocycles. The van der Waals surface area contributed by atoms with Crippen LogP contribution in [-0.4, -0.2) is 11.7 Å². The van der Waals surface area contributed by atoms with Crippen molar-refractivity contribution in [1.29, 1.82) is 0 Å². The summed E-state index contributed by atoms with van der Waals surface area (Å²) in [6.07, 6.45) is 0. The van der Waals surface area contributed by atoms with Gasteiger partial charge in [0, 0.05) is 19.7 Å². The summed E-state index contributed by atoms with van der Waals surface area (Å²) in [5, 5.41) is 1.24. The van der Waals surface area contributed by atoms with E-state index in [1.54, 1.807) is 7.11 Å². The Bertz CT molecular complexity index is 730. The van der Waals surface area contributed by atoms with E-state index in [9.17, 15) is 0 Å². The third-order valence-corrected chi connectivity index (χ3v) is 4.17. The van der Waals surface area contributed by atoms with Crippen LogP contribution >= 0.6 is 0 Å². The van der Waals surface area contributed by atoms with Gasteiger partial charge in [0.15, 0.2) is 0 Å². The largest absolute Gasteiger partial charge is 0.368 e. The van der Waals surface area contributed by atoms with Crippen LogP contribution in [0.25, 0.3) is 10.9 Å². The summed E-state index contributed by atoms with van der Waals surface area (Å²) in [5.74, 6) is 0. The molecule has 3 rings (SSSR count). The van der Waals surface area contributed by atoms with Gasteiger partial charge >= 0.3 is 0 Å². The molecule has 0 aliphatic carbocycles. The first kappa shape index (κ1) is 12.9. The zero-order chi connectivity index (χ0) is 14.2. The van der Waals surface area contributed by atoms with Crippen LogP contribution in [0.15, 0.2) is 60.7 Å². The topological polar surface area (TPSA) is 14.2 Å². The van der Waals surface area contributed by atoms with Crippen molar-refractivity contribution in [2.24, 2.45) is 7.05 Å². The van der Waals surface area contributed by atoms with Crippen molar-refractivity contribution < 1.29 is 4.74 Å². The van der Waals surface area contributed by atoms with Gasteiger partial charge in [-0.1, -0.05) is 48.5 Å². The summed E-state index contributed by atoms with van der Waals surface area (Å²) in [5.41, 5.74) is 3.09. The van der Waals surface area contributed by atoms with Gasteiger partial charge in [0.1, 0.15) is 5.60 Å². The van der Waals surface area contributed by atoms with E-state index in [1.165, 1.54) is 10.9 Å². The number of rotatable bonds is 3. The van der Waals surface area contributed by atoms with Crippen molar-refractivity contribution in [3.05, 3.63) is 71.9 Å². The maximum atomic E-state index is 5.90. The maximum absolute atomic E-state index is 5.90. The van der Waals surface area contributed by atoms with Gasteiger partial charge in [0.05, 0.1) is 5.69 Å². The highest BCUT2D eigenvalue weighted by Crippen LogP contribution is 2.35. The summed E-state index contributed by atoms with van der Waals surface area (Å²) < 4.78 is 8.11. The van der Waals surface area contributed by atoms with Crippen LogP contribution in [-0.2, 0) is 17.4 Å². The second-order valence-electron chi connectivity index (χ2n) is 5.25. The molecule has 0 aliphatic rings. The number of aromatic nitrogens is 1. The minimum atomic E-state index is -0.449. The second kappa shape index (κ2) is 4.80. The predicted octanol–water partition coefficient (Wildman–Crippen LogP) is 4.09. The Balaban J connectivity index is 2.24. The molecule has 0 saturated heterocycles. The fraction of sp³-hybridized carbons (Fsp3) is 0.222. The summed E-state index contributed by atoms with van der Waals surface area (Å²) in [4.78, 5) is 0. The van der Waals surface area contributed by atoms with E-state index in [4.69, 9.17) is 4.74 Å². The summed E-state index contributed by atoms with van der Waals surface area (Å²) in [6.45, 7) is 2.12. The molecule has 0 bridgehead atoms. The van der Waals surface area contributed by atoms with Gasteiger partial charge < -0.3 is 9.30 Å². The summed E-state index contributed by atoms with van der Waals surface area (Å²) in [6, 6.07) is 21.0. The number of hydrogen-bond acceptors (Lipinski definition) is 1. The van der Waals surface area contributed by atoms with Gasteiger partial charge in [-0.25, -0.2) is 0 Å². The number of para-hydroxylation sites is 1. The molecule has 0 spiro atoms. The Hall–Kier alpha value is -2.06. The van der Waals surface area contributed by atoms with E-state index in [0.717, 1.165) is 11.3 Å². The van der Waals surface area contributed by atoms with E-state index >= 15 is 0 Å². The van der Waals surface area contributed by atoms with Crippen molar-refractivity contribution in [2.75, 3.05) is 7.11 Å². The molecule has 1 aromatic heterocycles. The molecule has 0 N–H and O–H groups in total. The molecule has 1 atom stereocenters. The molecule has 1 heterocycles. The van der Waals surface area contributed by atoms with Gasteiger partial charge in [-0.3, -0.25) is 0 Å². The van der Waals surface area contributed by atoms with E-state index in [1.807, 2.05) is 6.07 Å². The molecular formula is C18H19NO. The van der Waals surface area contributed by atoms with Crippen LogP contribution in [0.4, 0.5) is 0 Å². The lowest BCUT2D eigenvalue weighted by Gasteiger charge is -2.29. The standard InChI is InChI=1S/C18H19NO/c1-18(20-3,15-10-5-4-6-11-15)17-13-14-9-7-8-12-16(14)19(17)2/h4-13H,1-3H3. The van der Waals surface area contributed by atoms with Crippen molar-refractivity contribution in [3.8, 4) is 0 Å². The van der Waals surface area contributed by atoms with Gasteiger partial charge in [-0.2, -0.15) is 0 Å². The second-order valence-corrected chi connectivity index (χ2v) is 5.25. The Kier molecular flexibility index (Phi) is 3.11. The molecule has 102 valence electrons. The number of ether oxygens (including phenoxy) is 1. The number of methoxy groups -OCH3 is 1. The Morgan fingerprint density at radius 2 is 1.60 bits per heavy atom. The summed E-state index contributed by atoms with van der Waals surface area (Å²) in [7, 11) is 3.86. The van der Waals surface area contributed by atoms with Gasteiger partial charge in [0.25, 0.3) is 0 Å². The monoisotopic (exact) mass is 265 g/mol. The molecule has 2 aromatic carbocycles. The molecule has 0 fully saturated rings. The van der Waals surface area contributed by atoms with Crippen LogP contribution in [0.3, 0.4) is 0 Å². The van der Waals surface area contributed by atoms with E-state index in [2.05, 4.69) is 73.1 Å². The quantitative estimate of drug-likeness (QED) is 0.695. The van der Waals surface area contributed by atoms with E-state index < -0.39 is 5.60 Å². The maximum Gasteiger partial charge on any atom is 0.130 e. The molecule has 0 saturated carbocycles. The molecule has 1 unspecified atom stereocenters. The van der Waals surface area contributed by atoms with Crippen molar-refractivity contribution in [2.45, 2.75) is 12.5 Å². The smallest absolute Gasteiger partial charge is 0.130 e. The summed E-state index contributed by atoms with van der Waals surface area (Å²) >= 11 is 0. The van der Waals surface area contributed by atoms with Gasteiger partial charge in [-0.05, 0) is 30.0 Å². The van der Waals surface area contributed by atoms with Crippen molar-refractivity contribution in [3.63, 3.8) is 0 Å². The van der Waals surface area contributed by atoms with E-state index in [-0.39, 0.29) is 0 Å². The van der Waals surface area contributed by atoms with Crippen LogP contribution < -0.4 is 0 Å². The first-order chi connectivity index (χ1) is 9.66. The molecule has 0 amide bonds. The van der Waals surface area contributed by atoms with Crippen LogP contribution in [0.5, 0.6) is 0 Å². The Labute approximate surface area is 119 Å². The van der Waals surface area contributed by atoms with Gasteiger partial charge in [0.2, 0.25) is 0 Å². The SMILES string of the molecule is COC(C)(c1ccccc1)c1cc2ccccc2n1C. The molecule has 2 heteroatoms. The lowest BCUT2D eigenvalue weighted by molar-refractivity contribution is 0.0333. The fourth-order valence-electron chi connectivity index (χ4n) is 2.87. The van der Waals surface area contributed by atoms with Crippen LogP contribution in [0, 0.1) is 0 Å². The average Bonchev–Trinajstić information content (AvgIpc) is 2.85. The lowest BCUT2D eigenvalue weighted by atomic mass is 9.92. The third-order valence-electron chi connectivity index (χ3n) is 4.17. The minimum Gasteiger partial charge on any atom is -0.368 e. The van der Waals surface area contributed by atoms with Crippen molar-refractivity contribution in [1.82, 2.24) is 4.57 Å². The van der Waals surface area contributed by atoms with Gasteiger partial charge in [-0.15, -0.1) is 0 Å². The van der Waals surface area contributed by atoms with E-state index in [0.29, 0.717) is 0 Å². The Morgan fingerprint density at radius 3 is 2.25 bits per heavy atom. The highest BCUT2D eigenvalue weighted by Gasteiger charge is 2.31. The number of fused-ring (bicyclic) bond motifs is 1. The number of hydrogen-bond donors (Lipinski definition) is 0. The normalized spacial score (nSPS) is 14.3. The molecule has 2 nitrogen and oxygen atoms in total. The predicted molar refractivity (Wildman–Crippen MR) is 82.8 cm³/mol. The third kappa shape index (κ3) is 1.84. The molecular weight excluding hydrogens is 246 g/mol. The first-order valence-corrected chi connectivity index (χ1v) is 6.82. The van der Waals surface area contributed by atoms with Crippen LogP contribution in [0.1, 0.15) is 18.2 Å². The molecule has 20 heavy (non-hydrogen) atoms. The fourth-order valence-corrected chi connectivity index (χ4v) is 2.87.